The summed E-state index contributed by atoms with van der Waals surface area (Å²) in [5.41, 5.74) is 2.12. The maximum absolute atomic E-state index is 12.8. The molecule has 2 amide bonds. The third-order valence-corrected chi connectivity index (χ3v) is 4.74. The number of anilines is 1. The zero-order chi connectivity index (χ0) is 16.9. The molecule has 2 atom stereocenters. The van der Waals surface area contributed by atoms with Crippen LogP contribution in [-0.2, 0) is 0 Å². The average molecular weight is 324 g/mol. The summed E-state index contributed by atoms with van der Waals surface area (Å²) in [5.74, 6) is 1.39. The van der Waals surface area contributed by atoms with E-state index >= 15 is 0 Å². The lowest BCUT2D eigenvalue weighted by atomic mass is 9.90. The minimum Gasteiger partial charge on any atom is -0.493 e. The smallest absolute Gasteiger partial charge is 0.325 e. The van der Waals surface area contributed by atoms with Gasteiger partial charge in [-0.2, -0.15) is 0 Å². The zero-order valence-electron chi connectivity index (χ0n) is 14.0. The monoisotopic (exact) mass is 324 g/mol. The number of fused-ring (bicyclic) bond motifs is 4. The van der Waals surface area contributed by atoms with Crippen molar-refractivity contribution in [3.8, 4) is 11.5 Å². The molecule has 0 aliphatic carbocycles. The number of nitrogens with one attached hydrogen (secondary N) is 1. The summed E-state index contributed by atoms with van der Waals surface area (Å²) in [6.07, 6.45) is 0.673. The Morgan fingerprint density at radius 3 is 2.83 bits per heavy atom. The lowest BCUT2D eigenvalue weighted by molar-refractivity contribution is 0.0349. The molecule has 1 saturated heterocycles. The first kappa shape index (κ1) is 14.9. The molecule has 5 heteroatoms. The van der Waals surface area contributed by atoms with E-state index < -0.39 is 5.72 Å². The van der Waals surface area contributed by atoms with Gasteiger partial charge in [-0.05, 0) is 37.6 Å². The molecule has 1 fully saturated rings. The summed E-state index contributed by atoms with van der Waals surface area (Å²) < 4.78 is 11.8. The summed E-state index contributed by atoms with van der Waals surface area (Å²) in [5, 5.41) is 3.10. The molecule has 2 aromatic rings. The van der Waals surface area contributed by atoms with Crippen LogP contribution >= 0.6 is 0 Å². The van der Waals surface area contributed by atoms with Crippen molar-refractivity contribution >= 4 is 11.7 Å². The van der Waals surface area contributed by atoms with Crippen molar-refractivity contribution in [1.82, 2.24) is 5.32 Å². The van der Waals surface area contributed by atoms with Gasteiger partial charge in [-0.3, -0.25) is 4.90 Å². The molecule has 2 aliphatic rings. The van der Waals surface area contributed by atoms with Crippen LogP contribution in [0.1, 0.15) is 30.5 Å². The van der Waals surface area contributed by atoms with E-state index in [0.29, 0.717) is 17.9 Å². The van der Waals surface area contributed by atoms with Gasteiger partial charge in [0.1, 0.15) is 0 Å². The van der Waals surface area contributed by atoms with Gasteiger partial charge in [-0.15, -0.1) is 0 Å². The van der Waals surface area contributed by atoms with Crippen LogP contribution in [0.15, 0.2) is 42.5 Å². The van der Waals surface area contributed by atoms with E-state index in [1.165, 1.54) is 0 Å². The lowest BCUT2D eigenvalue weighted by Crippen LogP contribution is -2.65. The Hall–Kier alpha value is -2.69. The molecule has 124 valence electrons. The van der Waals surface area contributed by atoms with Gasteiger partial charge in [0.2, 0.25) is 0 Å². The van der Waals surface area contributed by atoms with Gasteiger partial charge in [0.15, 0.2) is 17.2 Å². The molecular formula is C19H20N2O3. The molecule has 1 N–H and O–H groups in total. The topological polar surface area (TPSA) is 50.8 Å². The number of amides is 2. The van der Waals surface area contributed by atoms with Gasteiger partial charge in [0.05, 0.1) is 13.2 Å². The summed E-state index contributed by atoms with van der Waals surface area (Å²) >= 11 is 0. The largest absolute Gasteiger partial charge is 0.493 e. The van der Waals surface area contributed by atoms with Gasteiger partial charge >= 0.3 is 6.03 Å². The van der Waals surface area contributed by atoms with E-state index in [0.717, 1.165) is 16.8 Å². The average Bonchev–Trinajstić information content (AvgIpc) is 2.53. The number of benzene rings is 2. The quantitative estimate of drug-likeness (QED) is 0.915. The molecular weight excluding hydrogens is 304 g/mol. The highest BCUT2D eigenvalue weighted by atomic mass is 16.5. The fourth-order valence-corrected chi connectivity index (χ4v) is 3.68. The first-order valence-corrected chi connectivity index (χ1v) is 8.05. The van der Waals surface area contributed by atoms with E-state index in [1.54, 1.807) is 12.0 Å². The molecule has 0 radical (unpaired) electrons. The Bertz CT molecular complexity index is 820. The van der Waals surface area contributed by atoms with E-state index in [2.05, 4.69) is 5.32 Å². The number of ether oxygens (including phenoxy) is 2. The van der Waals surface area contributed by atoms with E-state index in [-0.39, 0.29) is 12.1 Å². The number of nitrogens with zero attached hydrogens (tertiary/aromatic N) is 1. The molecule has 24 heavy (non-hydrogen) atoms. The molecule has 2 unspecified atom stereocenters. The number of methoxy groups -OCH3 is 1. The highest BCUT2D eigenvalue weighted by Gasteiger charge is 2.50. The van der Waals surface area contributed by atoms with Crippen molar-refractivity contribution in [1.29, 1.82) is 0 Å². The number of aryl methyl sites for hydroxylation is 1. The molecule has 0 spiro atoms. The zero-order valence-corrected chi connectivity index (χ0v) is 14.0. The second-order valence-corrected chi connectivity index (χ2v) is 6.54. The summed E-state index contributed by atoms with van der Waals surface area (Å²) in [6, 6.07) is 13.4. The number of carbonyl (C=O) groups excluding carboxylic acids is 1. The molecule has 0 saturated carbocycles. The van der Waals surface area contributed by atoms with Gasteiger partial charge < -0.3 is 14.8 Å². The second-order valence-electron chi connectivity index (χ2n) is 6.54. The van der Waals surface area contributed by atoms with Crippen molar-refractivity contribution in [3.05, 3.63) is 53.6 Å². The van der Waals surface area contributed by atoms with E-state index in [4.69, 9.17) is 9.47 Å². The fourth-order valence-electron chi connectivity index (χ4n) is 3.68. The summed E-state index contributed by atoms with van der Waals surface area (Å²) in [4.78, 5) is 14.5. The molecule has 2 heterocycles. The number of hydrogen-bond acceptors (Lipinski definition) is 3. The Labute approximate surface area is 141 Å². The van der Waals surface area contributed by atoms with Gasteiger partial charge in [-0.25, -0.2) is 4.79 Å². The predicted octanol–water partition coefficient (Wildman–Crippen LogP) is 3.77. The molecule has 5 nitrogen and oxygen atoms in total. The van der Waals surface area contributed by atoms with Gasteiger partial charge in [0.25, 0.3) is 0 Å². The van der Waals surface area contributed by atoms with Crippen LogP contribution in [0.5, 0.6) is 11.5 Å². The number of urea groups is 1. The van der Waals surface area contributed by atoms with Crippen LogP contribution in [0.25, 0.3) is 0 Å². The Morgan fingerprint density at radius 2 is 2.08 bits per heavy atom. The van der Waals surface area contributed by atoms with Crippen LogP contribution < -0.4 is 19.7 Å². The molecule has 4 rings (SSSR count). The lowest BCUT2D eigenvalue weighted by Gasteiger charge is -2.50. The third-order valence-electron chi connectivity index (χ3n) is 4.74. The normalized spacial score (nSPS) is 24.7. The number of hydrogen-bond donors (Lipinski definition) is 1. The minimum atomic E-state index is -0.761. The standard InChI is InChI=1S/C19H20N2O3/c1-12-6-4-7-13(10-12)21-18(22)20-15-11-19(21,2)24-17-14(15)8-5-9-16(17)23-3/h4-10,15H,11H2,1-3H3,(H,20,22). The molecule has 2 bridgehead atoms. The van der Waals surface area contributed by atoms with Gasteiger partial charge in [0, 0.05) is 17.7 Å². The van der Waals surface area contributed by atoms with Crippen molar-refractivity contribution < 1.29 is 14.3 Å². The van der Waals surface area contributed by atoms with Crippen LogP contribution in [-0.4, -0.2) is 18.9 Å². The Kier molecular flexibility index (Phi) is 3.20. The highest BCUT2D eigenvalue weighted by Crippen LogP contribution is 2.48. The minimum absolute atomic E-state index is 0.0811. The molecule has 2 aliphatic heterocycles. The van der Waals surface area contributed by atoms with Crippen LogP contribution in [0.3, 0.4) is 0 Å². The van der Waals surface area contributed by atoms with Crippen molar-refractivity contribution in [2.45, 2.75) is 32.0 Å². The number of rotatable bonds is 2. The summed E-state index contributed by atoms with van der Waals surface area (Å²) in [6.45, 7) is 3.97. The van der Waals surface area contributed by atoms with Crippen molar-refractivity contribution in [2.24, 2.45) is 0 Å². The van der Waals surface area contributed by atoms with E-state index in [1.807, 2.05) is 56.3 Å². The van der Waals surface area contributed by atoms with Gasteiger partial charge in [-0.1, -0.05) is 24.3 Å². The number of para-hydroxylation sites is 1. The van der Waals surface area contributed by atoms with Crippen LogP contribution in [0.4, 0.5) is 10.5 Å². The number of carbonyl (C=O) groups is 1. The van der Waals surface area contributed by atoms with E-state index in [9.17, 15) is 4.79 Å². The Morgan fingerprint density at radius 1 is 1.29 bits per heavy atom. The predicted molar refractivity (Wildman–Crippen MR) is 91.6 cm³/mol. The Balaban J connectivity index is 1.83. The highest BCUT2D eigenvalue weighted by molar-refractivity contribution is 5.95. The van der Waals surface area contributed by atoms with Crippen LogP contribution in [0, 0.1) is 6.92 Å². The third kappa shape index (κ3) is 2.12. The fraction of sp³-hybridized carbons (Fsp3) is 0.316. The maximum Gasteiger partial charge on any atom is 0.325 e. The first-order valence-electron chi connectivity index (χ1n) is 8.05. The maximum atomic E-state index is 12.8. The molecule has 0 aromatic heterocycles. The second kappa shape index (κ2) is 5.16. The first-order chi connectivity index (χ1) is 11.5. The van der Waals surface area contributed by atoms with Crippen molar-refractivity contribution in [2.75, 3.05) is 12.0 Å². The van der Waals surface area contributed by atoms with Crippen molar-refractivity contribution in [3.63, 3.8) is 0 Å². The van der Waals surface area contributed by atoms with Crippen LogP contribution in [0.2, 0.25) is 0 Å². The SMILES string of the molecule is COc1cccc2c1OC1(C)CC2NC(=O)N1c1cccc(C)c1. The summed E-state index contributed by atoms with van der Waals surface area (Å²) in [7, 11) is 1.63. The molecule has 2 aromatic carbocycles.